The molecule has 2 aliphatic heterocycles. The molecule has 26 heavy (non-hydrogen) atoms. The Morgan fingerprint density at radius 3 is 2.88 bits per heavy atom. The van der Waals surface area contributed by atoms with E-state index in [0.717, 1.165) is 23.4 Å². The predicted octanol–water partition coefficient (Wildman–Crippen LogP) is 1.59. The maximum Gasteiger partial charge on any atom is 0.321 e. The summed E-state index contributed by atoms with van der Waals surface area (Å²) in [4.78, 5) is 21.0. The molecule has 8 nitrogen and oxygen atoms in total. The van der Waals surface area contributed by atoms with E-state index in [2.05, 4.69) is 9.97 Å². The van der Waals surface area contributed by atoms with Gasteiger partial charge in [0.2, 0.25) is 0 Å². The number of carboxylic acid groups (broad SMARTS) is 1. The number of fused-ring (bicyclic) bond motifs is 2. The quantitative estimate of drug-likeness (QED) is 0.856. The zero-order chi connectivity index (χ0) is 18.1. The van der Waals surface area contributed by atoms with Crippen LogP contribution in [0.15, 0.2) is 18.5 Å². The van der Waals surface area contributed by atoms with Crippen LogP contribution in [0, 0.1) is 0 Å². The number of nitrogens with one attached hydrogen (secondary N) is 1. The largest absolute Gasteiger partial charge is 0.496 e. The van der Waals surface area contributed by atoms with Crippen molar-refractivity contribution < 1.29 is 24.1 Å². The summed E-state index contributed by atoms with van der Waals surface area (Å²) in [6.07, 6.45) is 2.81. The third kappa shape index (κ3) is 3.08. The van der Waals surface area contributed by atoms with E-state index in [0.29, 0.717) is 50.0 Å². The van der Waals surface area contributed by atoms with Crippen LogP contribution in [0.2, 0.25) is 0 Å². The Morgan fingerprint density at radius 2 is 2.15 bits per heavy atom. The number of nitrogens with zero attached hydrogens (tertiary/aromatic N) is 2. The van der Waals surface area contributed by atoms with Crippen molar-refractivity contribution in [2.45, 2.75) is 32.0 Å². The van der Waals surface area contributed by atoms with E-state index in [1.165, 1.54) is 0 Å². The number of carboxylic acids is 1. The maximum absolute atomic E-state index is 11.8. The maximum atomic E-state index is 11.8. The number of methoxy groups -OCH3 is 1. The minimum absolute atomic E-state index is 0.376. The highest BCUT2D eigenvalue weighted by Gasteiger charge is 2.33. The molecular weight excluding hydrogens is 338 g/mol. The van der Waals surface area contributed by atoms with Crippen LogP contribution in [-0.2, 0) is 24.3 Å². The summed E-state index contributed by atoms with van der Waals surface area (Å²) in [5.74, 6) is 1.14. The zero-order valence-corrected chi connectivity index (χ0v) is 14.5. The van der Waals surface area contributed by atoms with Gasteiger partial charge < -0.3 is 24.3 Å². The molecule has 0 saturated carbocycles. The van der Waals surface area contributed by atoms with Gasteiger partial charge in [-0.2, -0.15) is 0 Å². The molecule has 0 unspecified atom stereocenters. The number of aromatic nitrogens is 2. The summed E-state index contributed by atoms with van der Waals surface area (Å²) in [7, 11) is 1.60. The lowest BCUT2D eigenvalue weighted by molar-refractivity contribution is -0.144. The van der Waals surface area contributed by atoms with E-state index in [-0.39, 0.29) is 0 Å². The lowest BCUT2D eigenvalue weighted by atomic mass is 10.0. The van der Waals surface area contributed by atoms with Gasteiger partial charge in [0.05, 0.1) is 38.0 Å². The second-order valence-electron chi connectivity index (χ2n) is 6.45. The summed E-state index contributed by atoms with van der Waals surface area (Å²) in [6, 6.07) is 3.07. The van der Waals surface area contributed by atoms with Gasteiger partial charge in [0.25, 0.3) is 0 Å². The number of rotatable bonds is 4. The number of carbonyl (C=O) groups is 1. The van der Waals surface area contributed by atoms with Gasteiger partial charge in [-0.15, -0.1) is 0 Å². The highest BCUT2D eigenvalue weighted by atomic mass is 16.5. The van der Waals surface area contributed by atoms with Gasteiger partial charge in [-0.3, -0.25) is 9.69 Å². The van der Waals surface area contributed by atoms with Crippen molar-refractivity contribution in [2.75, 3.05) is 20.3 Å². The smallest absolute Gasteiger partial charge is 0.321 e. The molecule has 1 aromatic carbocycles. The molecule has 1 aromatic heterocycles. The van der Waals surface area contributed by atoms with Crippen LogP contribution in [0.25, 0.3) is 0 Å². The number of imidazole rings is 1. The Hall–Kier alpha value is -2.74. The third-order valence-corrected chi connectivity index (χ3v) is 4.81. The van der Waals surface area contributed by atoms with E-state index < -0.39 is 12.0 Å². The fraction of sp³-hybridized carbons (Fsp3) is 0.444. The van der Waals surface area contributed by atoms with E-state index >= 15 is 0 Å². The molecule has 0 amide bonds. The van der Waals surface area contributed by atoms with Crippen molar-refractivity contribution in [1.82, 2.24) is 14.9 Å². The molecule has 8 heteroatoms. The minimum Gasteiger partial charge on any atom is -0.496 e. The Labute approximate surface area is 150 Å². The molecule has 2 N–H and O–H groups in total. The van der Waals surface area contributed by atoms with Crippen LogP contribution in [0.1, 0.15) is 23.4 Å². The minimum atomic E-state index is -0.855. The monoisotopic (exact) mass is 359 g/mol. The summed E-state index contributed by atoms with van der Waals surface area (Å²) >= 11 is 0. The van der Waals surface area contributed by atoms with E-state index in [4.69, 9.17) is 14.2 Å². The van der Waals surface area contributed by atoms with Crippen LogP contribution in [0.5, 0.6) is 17.2 Å². The lowest BCUT2D eigenvalue weighted by Gasteiger charge is -2.32. The van der Waals surface area contributed by atoms with Crippen LogP contribution in [-0.4, -0.2) is 52.3 Å². The molecule has 2 aliphatic rings. The predicted molar refractivity (Wildman–Crippen MR) is 91.6 cm³/mol. The molecule has 1 atom stereocenters. The first kappa shape index (κ1) is 16.7. The average molecular weight is 359 g/mol. The van der Waals surface area contributed by atoms with Crippen LogP contribution in [0.3, 0.4) is 0 Å². The van der Waals surface area contributed by atoms with E-state index in [1.54, 1.807) is 13.4 Å². The van der Waals surface area contributed by atoms with Crippen LogP contribution in [0.4, 0.5) is 0 Å². The van der Waals surface area contributed by atoms with Crippen molar-refractivity contribution in [3.05, 3.63) is 35.4 Å². The first-order valence-corrected chi connectivity index (χ1v) is 8.60. The van der Waals surface area contributed by atoms with Gasteiger partial charge in [0.1, 0.15) is 11.8 Å². The highest BCUT2D eigenvalue weighted by molar-refractivity contribution is 5.74. The number of hydrogen-bond donors (Lipinski definition) is 2. The second kappa shape index (κ2) is 6.87. The molecule has 0 spiro atoms. The van der Waals surface area contributed by atoms with Gasteiger partial charge in [-0.1, -0.05) is 0 Å². The zero-order valence-electron chi connectivity index (χ0n) is 14.5. The van der Waals surface area contributed by atoms with E-state index in [1.807, 2.05) is 17.0 Å². The first-order valence-electron chi connectivity index (χ1n) is 8.60. The SMILES string of the molecule is COc1cc2c(cc1CN1Cc3[nH]cnc3C[C@@H]1C(=O)O)OCCCO2. The van der Waals surface area contributed by atoms with Gasteiger partial charge in [-0.05, 0) is 6.07 Å². The van der Waals surface area contributed by atoms with E-state index in [9.17, 15) is 9.90 Å². The van der Waals surface area contributed by atoms with Crippen molar-refractivity contribution in [3.63, 3.8) is 0 Å². The number of ether oxygens (including phenoxy) is 3. The molecular formula is C18H21N3O5. The van der Waals surface area contributed by atoms with Crippen LogP contribution < -0.4 is 14.2 Å². The molecule has 0 saturated heterocycles. The Bertz CT molecular complexity index is 819. The summed E-state index contributed by atoms with van der Waals surface area (Å²) in [5, 5.41) is 9.65. The van der Waals surface area contributed by atoms with Gasteiger partial charge in [-0.25, -0.2) is 4.98 Å². The second-order valence-corrected chi connectivity index (χ2v) is 6.45. The summed E-state index contributed by atoms with van der Waals surface area (Å²) < 4.78 is 17.0. The Balaban J connectivity index is 1.65. The molecule has 0 bridgehead atoms. The molecule has 138 valence electrons. The number of hydrogen-bond acceptors (Lipinski definition) is 6. The molecule has 2 aromatic rings. The Morgan fingerprint density at radius 1 is 1.38 bits per heavy atom. The number of aromatic amines is 1. The lowest BCUT2D eigenvalue weighted by Crippen LogP contribution is -2.45. The average Bonchev–Trinajstić information content (AvgIpc) is 2.97. The van der Waals surface area contributed by atoms with Crippen molar-refractivity contribution in [1.29, 1.82) is 0 Å². The number of aliphatic carboxylic acids is 1. The number of H-pyrrole nitrogens is 1. The van der Waals surface area contributed by atoms with Gasteiger partial charge in [0, 0.05) is 37.6 Å². The van der Waals surface area contributed by atoms with Crippen molar-refractivity contribution >= 4 is 5.97 Å². The first-order chi connectivity index (χ1) is 12.7. The van der Waals surface area contributed by atoms with Crippen molar-refractivity contribution in [2.24, 2.45) is 0 Å². The van der Waals surface area contributed by atoms with Gasteiger partial charge >= 0.3 is 5.97 Å². The summed E-state index contributed by atoms with van der Waals surface area (Å²) in [5.41, 5.74) is 2.64. The Kier molecular flexibility index (Phi) is 4.42. The normalized spacial score (nSPS) is 19.5. The molecule has 4 rings (SSSR count). The fourth-order valence-corrected chi connectivity index (χ4v) is 3.46. The van der Waals surface area contributed by atoms with Crippen molar-refractivity contribution in [3.8, 4) is 17.2 Å². The third-order valence-electron chi connectivity index (χ3n) is 4.81. The molecule has 0 aliphatic carbocycles. The number of benzene rings is 1. The molecule has 0 fully saturated rings. The van der Waals surface area contributed by atoms with Gasteiger partial charge in [0.15, 0.2) is 11.5 Å². The fourth-order valence-electron chi connectivity index (χ4n) is 3.46. The summed E-state index contributed by atoms with van der Waals surface area (Å²) in [6.45, 7) is 2.11. The topological polar surface area (TPSA) is 96.9 Å². The van der Waals surface area contributed by atoms with Crippen LogP contribution >= 0.6 is 0 Å². The standard InChI is InChI=1S/C18H21N3O5/c1-24-15-7-17-16(25-3-2-4-26-17)5-11(15)8-21-9-13-12(19-10-20-13)6-14(21)18(22)23/h5,7,10,14H,2-4,6,8-9H2,1H3,(H,19,20)(H,22,23)/t14-/m1/s1. The molecule has 0 radical (unpaired) electrons. The highest BCUT2D eigenvalue weighted by Crippen LogP contribution is 2.37. The molecule has 3 heterocycles.